The quantitative estimate of drug-likeness (QED) is 0.840. The Hall–Kier alpha value is -2.12. The number of rotatable bonds is 4. The number of benzene rings is 1. The maximum absolute atomic E-state index is 12.2. The minimum Gasteiger partial charge on any atom is -0.355 e. The smallest absolute Gasteiger partial charge is 0.262 e. The van der Waals surface area contributed by atoms with Crippen LogP contribution in [0.1, 0.15) is 10.4 Å². The summed E-state index contributed by atoms with van der Waals surface area (Å²) < 4.78 is 26.7. The molecule has 6 nitrogen and oxygen atoms in total. The van der Waals surface area contributed by atoms with E-state index in [-0.39, 0.29) is 16.0 Å². The number of aromatic nitrogens is 1. The first-order valence-corrected chi connectivity index (χ1v) is 7.75. The second-order valence-corrected chi connectivity index (χ2v) is 6.15. The van der Waals surface area contributed by atoms with Crippen LogP contribution in [0.2, 0.25) is 5.15 Å². The van der Waals surface area contributed by atoms with E-state index in [1.54, 1.807) is 0 Å². The third kappa shape index (κ3) is 3.71. The summed E-state index contributed by atoms with van der Waals surface area (Å²) in [4.78, 5) is 15.1. The second kappa shape index (κ2) is 6.11. The summed E-state index contributed by atoms with van der Waals surface area (Å²) in [5.74, 6) is -0.245. The molecule has 0 aliphatic rings. The van der Waals surface area contributed by atoms with Crippen LogP contribution in [0, 0.1) is 0 Å². The minimum atomic E-state index is -3.75. The highest BCUT2D eigenvalue weighted by atomic mass is 35.5. The van der Waals surface area contributed by atoms with Crippen molar-refractivity contribution in [3.05, 3.63) is 53.3 Å². The lowest BCUT2D eigenvalue weighted by Gasteiger charge is -2.08. The molecule has 1 heterocycles. The fourth-order valence-electron chi connectivity index (χ4n) is 1.60. The zero-order chi connectivity index (χ0) is 15.5. The molecule has 21 heavy (non-hydrogen) atoms. The maximum atomic E-state index is 12.2. The SMILES string of the molecule is CNC(=O)c1ccc(NS(=O)(=O)c2ccnc(Cl)c2)cc1. The van der Waals surface area contributed by atoms with E-state index in [4.69, 9.17) is 11.6 Å². The molecule has 0 aliphatic heterocycles. The van der Waals surface area contributed by atoms with Crippen LogP contribution in [0.3, 0.4) is 0 Å². The Morgan fingerprint density at radius 2 is 1.86 bits per heavy atom. The van der Waals surface area contributed by atoms with Gasteiger partial charge in [-0.25, -0.2) is 13.4 Å². The van der Waals surface area contributed by atoms with Gasteiger partial charge in [0, 0.05) is 24.5 Å². The van der Waals surface area contributed by atoms with Gasteiger partial charge in [-0.1, -0.05) is 11.6 Å². The second-order valence-electron chi connectivity index (χ2n) is 4.08. The average molecular weight is 326 g/mol. The lowest BCUT2D eigenvalue weighted by Crippen LogP contribution is -2.18. The number of nitrogens with zero attached hydrogens (tertiary/aromatic N) is 1. The Morgan fingerprint density at radius 1 is 1.19 bits per heavy atom. The molecule has 0 saturated carbocycles. The highest BCUT2D eigenvalue weighted by Gasteiger charge is 2.15. The number of amides is 1. The topological polar surface area (TPSA) is 88.2 Å². The van der Waals surface area contributed by atoms with Gasteiger partial charge < -0.3 is 5.32 Å². The number of hydrogen-bond donors (Lipinski definition) is 2. The van der Waals surface area contributed by atoms with E-state index in [1.807, 2.05) is 0 Å². The van der Waals surface area contributed by atoms with Gasteiger partial charge in [-0.15, -0.1) is 0 Å². The summed E-state index contributed by atoms with van der Waals surface area (Å²) in [6.45, 7) is 0. The Labute approximate surface area is 127 Å². The lowest BCUT2D eigenvalue weighted by molar-refractivity contribution is 0.0963. The Balaban J connectivity index is 2.23. The van der Waals surface area contributed by atoms with E-state index in [0.717, 1.165) is 0 Å². The van der Waals surface area contributed by atoms with Crippen molar-refractivity contribution in [2.45, 2.75) is 4.90 Å². The van der Waals surface area contributed by atoms with Crippen LogP contribution in [-0.2, 0) is 10.0 Å². The van der Waals surface area contributed by atoms with Crippen molar-refractivity contribution >= 4 is 33.2 Å². The van der Waals surface area contributed by atoms with Crippen molar-refractivity contribution in [2.75, 3.05) is 11.8 Å². The average Bonchev–Trinajstić information content (AvgIpc) is 2.47. The van der Waals surface area contributed by atoms with E-state index < -0.39 is 10.0 Å². The summed E-state index contributed by atoms with van der Waals surface area (Å²) >= 11 is 5.68. The molecular weight excluding hydrogens is 314 g/mol. The molecule has 2 rings (SSSR count). The molecule has 2 N–H and O–H groups in total. The monoisotopic (exact) mass is 325 g/mol. The van der Waals surface area contributed by atoms with E-state index in [0.29, 0.717) is 11.3 Å². The van der Waals surface area contributed by atoms with Crippen molar-refractivity contribution in [3.8, 4) is 0 Å². The number of sulfonamides is 1. The fourth-order valence-corrected chi connectivity index (χ4v) is 2.91. The number of carbonyl (C=O) groups is 1. The number of halogens is 1. The van der Waals surface area contributed by atoms with Gasteiger partial charge in [0.1, 0.15) is 5.15 Å². The number of nitrogens with one attached hydrogen (secondary N) is 2. The molecule has 0 saturated heterocycles. The standard InChI is InChI=1S/C13H12ClN3O3S/c1-15-13(18)9-2-4-10(5-3-9)17-21(19,20)11-6-7-16-12(14)8-11/h2-8,17H,1H3,(H,15,18). The first-order chi connectivity index (χ1) is 9.92. The maximum Gasteiger partial charge on any atom is 0.262 e. The number of hydrogen-bond acceptors (Lipinski definition) is 4. The summed E-state index contributed by atoms with van der Waals surface area (Å²) in [7, 11) is -2.23. The Kier molecular flexibility index (Phi) is 4.44. The Bertz CT molecular complexity index is 760. The molecule has 0 aliphatic carbocycles. The summed E-state index contributed by atoms with van der Waals surface area (Å²) in [5, 5.41) is 2.57. The van der Waals surface area contributed by atoms with Gasteiger partial charge >= 0.3 is 0 Å². The molecule has 0 fully saturated rings. The first kappa shape index (κ1) is 15.3. The van der Waals surface area contributed by atoms with Gasteiger partial charge in [0.25, 0.3) is 15.9 Å². The van der Waals surface area contributed by atoms with Crippen molar-refractivity contribution in [3.63, 3.8) is 0 Å². The number of carbonyl (C=O) groups excluding carboxylic acids is 1. The molecule has 0 atom stereocenters. The molecule has 0 bridgehead atoms. The van der Waals surface area contributed by atoms with Gasteiger partial charge in [0.2, 0.25) is 0 Å². The van der Waals surface area contributed by atoms with Crippen molar-refractivity contribution in [1.82, 2.24) is 10.3 Å². The van der Waals surface area contributed by atoms with Crippen LogP contribution in [0.5, 0.6) is 0 Å². The molecule has 1 aromatic heterocycles. The number of pyridine rings is 1. The van der Waals surface area contributed by atoms with Gasteiger partial charge in [0.05, 0.1) is 4.90 Å². The fraction of sp³-hybridized carbons (Fsp3) is 0.0769. The summed E-state index contributed by atoms with van der Waals surface area (Å²) in [6.07, 6.45) is 1.31. The van der Waals surface area contributed by atoms with E-state index in [9.17, 15) is 13.2 Å². The number of anilines is 1. The molecule has 0 radical (unpaired) electrons. The van der Waals surface area contributed by atoms with Crippen LogP contribution < -0.4 is 10.0 Å². The van der Waals surface area contributed by atoms with Crippen LogP contribution in [0.4, 0.5) is 5.69 Å². The third-order valence-electron chi connectivity index (χ3n) is 2.63. The van der Waals surface area contributed by atoms with Crippen LogP contribution in [-0.4, -0.2) is 26.4 Å². The molecule has 1 amide bonds. The molecular formula is C13H12ClN3O3S. The molecule has 0 spiro atoms. The highest BCUT2D eigenvalue weighted by Crippen LogP contribution is 2.18. The van der Waals surface area contributed by atoms with Crippen molar-refractivity contribution in [1.29, 1.82) is 0 Å². The summed E-state index contributed by atoms with van der Waals surface area (Å²) in [5.41, 5.74) is 0.781. The molecule has 110 valence electrons. The third-order valence-corrected chi connectivity index (χ3v) is 4.22. The molecule has 0 unspecified atom stereocenters. The van der Waals surface area contributed by atoms with Gasteiger partial charge in [-0.05, 0) is 36.4 Å². The van der Waals surface area contributed by atoms with E-state index in [2.05, 4.69) is 15.0 Å². The predicted octanol–water partition coefficient (Wildman–Crippen LogP) is 1.90. The lowest BCUT2D eigenvalue weighted by atomic mass is 10.2. The van der Waals surface area contributed by atoms with Crippen molar-refractivity contribution < 1.29 is 13.2 Å². The van der Waals surface area contributed by atoms with Crippen molar-refractivity contribution in [2.24, 2.45) is 0 Å². The van der Waals surface area contributed by atoms with Crippen LogP contribution >= 0.6 is 11.6 Å². The molecule has 1 aromatic carbocycles. The zero-order valence-electron chi connectivity index (χ0n) is 11.0. The van der Waals surface area contributed by atoms with E-state index in [1.165, 1.54) is 49.6 Å². The largest absolute Gasteiger partial charge is 0.355 e. The molecule has 8 heteroatoms. The summed E-state index contributed by atoms with van der Waals surface area (Å²) in [6, 6.07) is 8.65. The minimum absolute atomic E-state index is 0.0119. The highest BCUT2D eigenvalue weighted by molar-refractivity contribution is 7.92. The zero-order valence-corrected chi connectivity index (χ0v) is 12.6. The molecule has 2 aromatic rings. The first-order valence-electron chi connectivity index (χ1n) is 5.89. The normalized spacial score (nSPS) is 11.0. The Morgan fingerprint density at radius 3 is 2.43 bits per heavy atom. The van der Waals surface area contributed by atoms with Crippen LogP contribution in [0.25, 0.3) is 0 Å². The van der Waals surface area contributed by atoms with Gasteiger partial charge in [0.15, 0.2) is 0 Å². The van der Waals surface area contributed by atoms with Gasteiger partial charge in [-0.2, -0.15) is 0 Å². The van der Waals surface area contributed by atoms with Gasteiger partial charge in [-0.3, -0.25) is 9.52 Å². The van der Waals surface area contributed by atoms with E-state index >= 15 is 0 Å². The predicted molar refractivity (Wildman–Crippen MR) is 79.9 cm³/mol. The van der Waals surface area contributed by atoms with Crippen LogP contribution in [0.15, 0.2) is 47.5 Å².